The van der Waals surface area contributed by atoms with Crippen LogP contribution in [0.1, 0.15) is 73.4 Å². The minimum atomic E-state index is -0.178. The van der Waals surface area contributed by atoms with E-state index >= 15 is 0 Å². The molecule has 3 aromatic heterocycles. The number of amides is 2. The standard InChI is InChI=1S/C24H31N5O2S/c1-14(24(2,3)4)28-22(30)16-12-25-21-20(16)29-17(13-26-21)18-9-10-19(32-18)23(31)27-11-15-7-5-6-8-15/h9-10,12-15H,5-8,11H2,1-4H3,(H,25,26)(H,27,31)(H,28,30). The van der Waals surface area contributed by atoms with E-state index in [9.17, 15) is 9.59 Å². The van der Waals surface area contributed by atoms with Crippen LogP contribution in [0.5, 0.6) is 0 Å². The molecule has 0 spiro atoms. The van der Waals surface area contributed by atoms with Crippen LogP contribution in [0, 0.1) is 11.3 Å². The Morgan fingerprint density at radius 3 is 2.69 bits per heavy atom. The van der Waals surface area contributed by atoms with Crippen molar-refractivity contribution < 1.29 is 9.59 Å². The van der Waals surface area contributed by atoms with Crippen molar-refractivity contribution in [3.8, 4) is 10.6 Å². The van der Waals surface area contributed by atoms with Crippen molar-refractivity contribution in [1.29, 1.82) is 0 Å². The molecule has 0 saturated heterocycles. The first-order chi connectivity index (χ1) is 15.2. The van der Waals surface area contributed by atoms with Crippen LogP contribution in [0.25, 0.3) is 21.7 Å². The second-order valence-electron chi connectivity index (χ2n) is 9.74. The van der Waals surface area contributed by atoms with Gasteiger partial charge in [-0.2, -0.15) is 0 Å². The highest BCUT2D eigenvalue weighted by molar-refractivity contribution is 7.17. The number of carbonyl (C=O) groups excluding carboxylic acids is 2. The van der Waals surface area contributed by atoms with Gasteiger partial charge in [0.25, 0.3) is 11.8 Å². The lowest BCUT2D eigenvalue weighted by atomic mass is 9.88. The Morgan fingerprint density at radius 1 is 1.22 bits per heavy atom. The number of rotatable bonds is 6. The zero-order valence-corrected chi connectivity index (χ0v) is 19.9. The van der Waals surface area contributed by atoms with E-state index in [4.69, 9.17) is 4.98 Å². The summed E-state index contributed by atoms with van der Waals surface area (Å²) in [4.78, 5) is 39.1. The lowest BCUT2D eigenvalue weighted by Crippen LogP contribution is -2.41. The van der Waals surface area contributed by atoms with E-state index in [2.05, 4.69) is 41.4 Å². The highest BCUT2D eigenvalue weighted by atomic mass is 32.1. The molecule has 0 aromatic carbocycles. The molecule has 1 fully saturated rings. The van der Waals surface area contributed by atoms with E-state index in [-0.39, 0.29) is 23.3 Å². The number of hydrogen-bond acceptors (Lipinski definition) is 5. The van der Waals surface area contributed by atoms with E-state index < -0.39 is 0 Å². The SMILES string of the molecule is CC(NC(=O)c1c[nH]c2ncc(-c3ccc(C(=O)NCC4CCCC4)s3)nc12)C(C)(C)C. The highest BCUT2D eigenvalue weighted by Gasteiger charge is 2.24. The predicted octanol–water partition coefficient (Wildman–Crippen LogP) is 4.77. The molecule has 170 valence electrons. The van der Waals surface area contributed by atoms with Gasteiger partial charge in [-0.15, -0.1) is 11.3 Å². The average molecular weight is 454 g/mol. The van der Waals surface area contributed by atoms with Gasteiger partial charge in [-0.1, -0.05) is 33.6 Å². The zero-order valence-electron chi connectivity index (χ0n) is 19.1. The average Bonchev–Trinajstić information content (AvgIpc) is 3.51. The molecule has 1 saturated carbocycles. The van der Waals surface area contributed by atoms with Gasteiger partial charge in [-0.25, -0.2) is 9.97 Å². The Labute approximate surface area is 192 Å². The number of hydrogen-bond donors (Lipinski definition) is 3. The van der Waals surface area contributed by atoms with Gasteiger partial charge in [0.15, 0.2) is 5.65 Å². The van der Waals surface area contributed by atoms with Gasteiger partial charge in [0.1, 0.15) is 5.52 Å². The Balaban J connectivity index is 1.51. The number of carbonyl (C=O) groups is 2. The second-order valence-corrected chi connectivity index (χ2v) is 10.8. The van der Waals surface area contributed by atoms with Crippen LogP contribution < -0.4 is 10.6 Å². The lowest BCUT2D eigenvalue weighted by molar-refractivity contribution is 0.0910. The molecule has 3 aromatic rings. The lowest BCUT2D eigenvalue weighted by Gasteiger charge is -2.27. The molecule has 0 aliphatic heterocycles. The molecule has 3 N–H and O–H groups in total. The summed E-state index contributed by atoms with van der Waals surface area (Å²) in [6, 6.07) is 3.71. The van der Waals surface area contributed by atoms with Crippen molar-refractivity contribution in [2.45, 2.75) is 59.4 Å². The van der Waals surface area contributed by atoms with Crippen LogP contribution in [0.3, 0.4) is 0 Å². The Morgan fingerprint density at radius 2 is 1.97 bits per heavy atom. The molecule has 1 atom stereocenters. The van der Waals surface area contributed by atoms with E-state index in [0.717, 1.165) is 11.4 Å². The van der Waals surface area contributed by atoms with Crippen LogP contribution in [0.4, 0.5) is 0 Å². The highest BCUT2D eigenvalue weighted by Crippen LogP contribution is 2.29. The Kier molecular flexibility index (Phi) is 6.33. The van der Waals surface area contributed by atoms with Crippen molar-refractivity contribution in [1.82, 2.24) is 25.6 Å². The molecule has 2 amide bonds. The third kappa shape index (κ3) is 4.85. The molecule has 0 bridgehead atoms. The summed E-state index contributed by atoms with van der Waals surface area (Å²) in [5.74, 6) is 0.383. The minimum Gasteiger partial charge on any atom is -0.351 e. The van der Waals surface area contributed by atoms with Crippen LogP contribution in [-0.4, -0.2) is 39.4 Å². The molecule has 32 heavy (non-hydrogen) atoms. The molecular formula is C24H31N5O2S. The van der Waals surface area contributed by atoms with Crippen LogP contribution >= 0.6 is 11.3 Å². The minimum absolute atomic E-state index is 0.00121. The molecule has 4 rings (SSSR count). The van der Waals surface area contributed by atoms with Crippen LogP contribution in [0.2, 0.25) is 0 Å². The maximum absolute atomic E-state index is 12.8. The first-order valence-corrected chi connectivity index (χ1v) is 12.1. The van der Waals surface area contributed by atoms with Crippen molar-refractivity contribution >= 4 is 34.3 Å². The summed E-state index contributed by atoms with van der Waals surface area (Å²) < 4.78 is 0. The third-order valence-electron chi connectivity index (χ3n) is 6.38. The number of nitrogens with one attached hydrogen (secondary N) is 3. The predicted molar refractivity (Wildman–Crippen MR) is 128 cm³/mol. The summed E-state index contributed by atoms with van der Waals surface area (Å²) in [6.45, 7) is 9.00. The summed E-state index contributed by atoms with van der Waals surface area (Å²) in [5.41, 5.74) is 2.16. The summed E-state index contributed by atoms with van der Waals surface area (Å²) >= 11 is 1.39. The molecule has 3 heterocycles. The first kappa shape index (κ1) is 22.5. The van der Waals surface area contributed by atoms with E-state index in [1.807, 2.05) is 19.1 Å². The van der Waals surface area contributed by atoms with Gasteiger partial charge >= 0.3 is 0 Å². The van der Waals surface area contributed by atoms with Gasteiger partial charge in [0.2, 0.25) is 0 Å². The van der Waals surface area contributed by atoms with E-state index in [1.165, 1.54) is 37.0 Å². The molecule has 0 radical (unpaired) electrons. The van der Waals surface area contributed by atoms with Crippen LogP contribution in [0.15, 0.2) is 24.5 Å². The molecule has 7 nitrogen and oxygen atoms in total. The molecule has 1 unspecified atom stereocenters. The second kappa shape index (κ2) is 9.02. The smallest absolute Gasteiger partial charge is 0.261 e. The van der Waals surface area contributed by atoms with Crippen molar-refractivity contribution in [3.63, 3.8) is 0 Å². The molecule has 1 aliphatic carbocycles. The summed E-state index contributed by atoms with van der Waals surface area (Å²) in [6.07, 6.45) is 8.25. The number of H-pyrrole nitrogens is 1. The monoisotopic (exact) mass is 453 g/mol. The van der Waals surface area contributed by atoms with Crippen molar-refractivity contribution in [3.05, 3.63) is 35.0 Å². The van der Waals surface area contributed by atoms with Gasteiger partial charge in [-0.3, -0.25) is 9.59 Å². The number of aromatic nitrogens is 3. The largest absolute Gasteiger partial charge is 0.351 e. The fourth-order valence-corrected chi connectivity index (χ4v) is 4.69. The summed E-state index contributed by atoms with van der Waals surface area (Å²) in [7, 11) is 0. The number of nitrogens with zero attached hydrogens (tertiary/aromatic N) is 2. The third-order valence-corrected chi connectivity index (χ3v) is 7.49. The Bertz CT molecular complexity index is 1120. The number of aromatic amines is 1. The number of thiophene rings is 1. The maximum atomic E-state index is 12.8. The Hall–Kier alpha value is -2.74. The normalized spacial score (nSPS) is 15.8. The number of fused-ring (bicyclic) bond motifs is 1. The fraction of sp³-hybridized carbons (Fsp3) is 0.500. The quantitative estimate of drug-likeness (QED) is 0.500. The fourth-order valence-electron chi connectivity index (χ4n) is 3.81. The zero-order chi connectivity index (χ0) is 22.9. The van der Waals surface area contributed by atoms with E-state index in [1.54, 1.807) is 12.4 Å². The first-order valence-electron chi connectivity index (χ1n) is 11.3. The molecule has 1 aliphatic rings. The van der Waals surface area contributed by atoms with Crippen LogP contribution in [-0.2, 0) is 0 Å². The topological polar surface area (TPSA) is 99.8 Å². The van der Waals surface area contributed by atoms with Crippen molar-refractivity contribution in [2.75, 3.05) is 6.54 Å². The van der Waals surface area contributed by atoms with Gasteiger partial charge < -0.3 is 15.6 Å². The molecule has 8 heteroatoms. The maximum Gasteiger partial charge on any atom is 0.261 e. The van der Waals surface area contributed by atoms with Gasteiger partial charge in [0, 0.05) is 18.8 Å². The van der Waals surface area contributed by atoms with Gasteiger partial charge in [-0.05, 0) is 43.2 Å². The van der Waals surface area contributed by atoms with Crippen molar-refractivity contribution in [2.24, 2.45) is 11.3 Å². The summed E-state index contributed by atoms with van der Waals surface area (Å²) in [5, 5.41) is 6.12. The van der Waals surface area contributed by atoms with Gasteiger partial charge in [0.05, 0.1) is 27.2 Å². The molecular weight excluding hydrogens is 422 g/mol. The van der Waals surface area contributed by atoms with E-state index in [0.29, 0.717) is 33.2 Å².